The van der Waals surface area contributed by atoms with Crippen LogP contribution in [0.3, 0.4) is 0 Å². The number of anilines is 1. The van der Waals surface area contributed by atoms with Gasteiger partial charge in [0, 0.05) is 6.04 Å². The second kappa shape index (κ2) is 4.93. The molecule has 0 aliphatic carbocycles. The molecule has 0 fully saturated rings. The lowest BCUT2D eigenvalue weighted by atomic mass is 10.1. The van der Waals surface area contributed by atoms with Crippen LogP contribution in [0.2, 0.25) is 0 Å². The molecule has 0 saturated carbocycles. The molecule has 0 bridgehead atoms. The van der Waals surface area contributed by atoms with Gasteiger partial charge in [-0.3, -0.25) is 0 Å². The van der Waals surface area contributed by atoms with Crippen LogP contribution >= 0.6 is 0 Å². The molecule has 1 aromatic rings. The lowest BCUT2D eigenvalue weighted by Crippen LogP contribution is -2.36. The second-order valence-corrected chi connectivity index (χ2v) is 6.09. The van der Waals surface area contributed by atoms with E-state index in [0.29, 0.717) is 0 Å². The standard InChI is InChI=1S/C11H18N2O3S/c1-7(2)8(3)13-17(15,16)9-4-5-11(14)10(12)6-9/h4-8,13-14H,12H2,1-3H3. The zero-order valence-electron chi connectivity index (χ0n) is 10.1. The molecule has 0 aliphatic heterocycles. The van der Waals surface area contributed by atoms with Crippen molar-refractivity contribution in [3.05, 3.63) is 18.2 Å². The first-order valence-corrected chi connectivity index (χ1v) is 6.83. The van der Waals surface area contributed by atoms with Crippen molar-refractivity contribution in [2.45, 2.75) is 31.7 Å². The van der Waals surface area contributed by atoms with Crippen molar-refractivity contribution in [3.63, 3.8) is 0 Å². The van der Waals surface area contributed by atoms with Crippen LogP contribution in [0, 0.1) is 5.92 Å². The van der Waals surface area contributed by atoms with E-state index in [1.54, 1.807) is 6.92 Å². The van der Waals surface area contributed by atoms with Crippen molar-refractivity contribution in [1.29, 1.82) is 0 Å². The first-order chi connectivity index (χ1) is 7.74. The van der Waals surface area contributed by atoms with Gasteiger partial charge >= 0.3 is 0 Å². The SMILES string of the molecule is CC(C)C(C)NS(=O)(=O)c1ccc(O)c(N)c1. The summed E-state index contributed by atoms with van der Waals surface area (Å²) < 4.78 is 26.5. The highest BCUT2D eigenvalue weighted by molar-refractivity contribution is 7.89. The van der Waals surface area contributed by atoms with Crippen LogP contribution < -0.4 is 10.5 Å². The fourth-order valence-electron chi connectivity index (χ4n) is 1.15. The Morgan fingerprint density at radius 2 is 1.88 bits per heavy atom. The van der Waals surface area contributed by atoms with Gasteiger partial charge in [0.1, 0.15) is 5.75 Å². The van der Waals surface area contributed by atoms with Crippen LogP contribution in [-0.4, -0.2) is 19.6 Å². The minimum atomic E-state index is -3.58. The molecular formula is C11H18N2O3S. The van der Waals surface area contributed by atoms with Gasteiger partial charge in [-0.15, -0.1) is 0 Å². The zero-order valence-corrected chi connectivity index (χ0v) is 11.0. The monoisotopic (exact) mass is 258 g/mol. The van der Waals surface area contributed by atoms with Gasteiger partial charge < -0.3 is 10.8 Å². The normalized spacial score (nSPS) is 13.9. The minimum absolute atomic E-state index is 0.0464. The summed E-state index contributed by atoms with van der Waals surface area (Å²) in [5.41, 5.74) is 5.51. The van der Waals surface area contributed by atoms with E-state index in [-0.39, 0.29) is 28.3 Å². The summed E-state index contributed by atoms with van der Waals surface area (Å²) in [4.78, 5) is 0.0558. The highest BCUT2D eigenvalue weighted by Gasteiger charge is 2.19. The van der Waals surface area contributed by atoms with Crippen LogP contribution in [0.5, 0.6) is 5.75 Å². The molecule has 0 amide bonds. The molecule has 5 nitrogen and oxygen atoms in total. The van der Waals surface area contributed by atoms with E-state index in [0.717, 1.165) is 0 Å². The number of benzene rings is 1. The number of nitrogens with two attached hydrogens (primary N) is 1. The van der Waals surface area contributed by atoms with Crippen molar-refractivity contribution in [2.24, 2.45) is 5.92 Å². The number of phenols is 1. The fourth-order valence-corrected chi connectivity index (χ4v) is 2.58. The average Bonchev–Trinajstić information content (AvgIpc) is 2.21. The van der Waals surface area contributed by atoms with Crippen LogP contribution in [0.25, 0.3) is 0 Å². The third-order valence-electron chi connectivity index (χ3n) is 2.65. The van der Waals surface area contributed by atoms with E-state index < -0.39 is 10.0 Å². The summed E-state index contributed by atoms with van der Waals surface area (Å²) in [6.45, 7) is 5.66. The summed E-state index contributed by atoms with van der Waals surface area (Å²) in [5, 5.41) is 9.24. The van der Waals surface area contributed by atoms with Gasteiger partial charge in [0.2, 0.25) is 10.0 Å². The first-order valence-electron chi connectivity index (χ1n) is 5.35. The Balaban J connectivity index is 3.01. The molecular weight excluding hydrogens is 240 g/mol. The Kier molecular flexibility index (Phi) is 4.00. The molecule has 0 aromatic heterocycles. The van der Waals surface area contributed by atoms with Crippen molar-refractivity contribution in [3.8, 4) is 5.75 Å². The summed E-state index contributed by atoms with van der Waals surface area (Å²) in [6, 6.07) is 3.66. The summed E-state index contributed by atoms with van der Waals surface area (Å²) >= 11 is 0. The van der Waals surface area contributed by atoms with Crippen molar-refractivity contribution < 1.29 is 13.5 Å². The third kappa shape index (κ3) is 3.34. The summed E-state index contributed by atoms with van der Waals surface area (Å²) in [7, 11) is -3.58. The molecule has 1 aromatic carbocycles. The van der Waals surface area contributed by atoms with Gasteiger partial charge in [0.15, 0.2) is 0 Å². The molecule has 17 heavy (non-hydrogen) atoms. The van der Waals surface area contributed by atoms with Gasteiger partial charge in [0.25, 0.3) is 0 Å². The summed E-state index contributed by atoms with van der Waals surface area (Å²) in [5.74, 6) is 0.0695. The highest BCUT2D eigenvalue weighted by atomic mass is 32.2. The minimum Gasteiger partial charge on any atom is -0.506 e. The third-order valence-corrected chi connectivity index (χ3v) is 4.21. The number of nitrogens with one attached hydrogen (secondary N) is 1. The molecule has 96 valence electrons. The van der Waals surface area contributed by atoms with Crippen molar-refractivity contribution in [1.82, 2.24) is 4.72 Å². The van der Waals surface area contributed by atoms with E-state index in [9.17, 15) is 13.5 Å². The van der Waals surface area contributed by atoms with E-state index in [1.807, 2.05) is 13.8 Å². The fraction of sp³-hybridized carbons (Fsp3) is 0.455. The Morgan fingerprint density at radius 1 is 1.29 bits per heavy atom. The molecule has 4 N–H and O–H groups in total. The predicted octanol–water partition coefficient (Wildman–Crippen LogP) is 1.30. The lowest BCUT2D eigenvalue weighted by molar-refractivity contribution is 0.474. The average molecular weight is 258 g/mol. The van der Waals surface area contributed by atoms with Gasteiger partial charge in [-0.25, -0.2) is 13.1 Å². The molecule has 1 rings (SSSR count). The van der Waals surface area contributed by atoms with Gasteiger partial charge in [-0.1, -0.05) is 13.8 Å². The van der Waals surface area contributed by atoms with Gasteiger partial charge in [-0.2, -0.15) is 0 Å². The van der Waals surface area contributed by atoms with Crippen LogP contribution in [0.1, 0.15) is 20.8 Å². The quantitative estimate of drug-likeness (QED) is 0.560. The first kappa shape index (κ1) is 13.8. The topological polar surface area (TPSA) is 92.4 Å². The molecule has 0 aliphatic rings. The largest absolute Gasteiger partial charge is 0.506 e. The maximum Gasteiger partial charge on any atom is 0.240 e. The highest BCUT2D eigenvalue weighted by Crippen LogP contribution is 2.23. The van der Waals surface area contributed by atoms with E-state index in [4.69, 9.17) is 5.73 Å². The van der Waals surface area contributed by atoms with Crippen LogP contribution in [0.15, 0.2) is 23.1 Å². The Morgan fingerprint density at radius 3 is 2.35 bits per heavy atom. The zero-order chi connectivity index (χ0) is 13.2. The van der Waals surface area contributed by atoms with E-state index in [1.165, 1.54) is 18.2 Å². The molecule has 0 spiro atoms. The number of sulfonamides is 1. The van der Waals surface area contributed by atoms with Gasteiger partial charge in [0.05, 0.1) is 10.6 Å². The lowest BCUT2D eigenvalue weighted by Gasteiger charge is -2.17. The Labute approximate surface area is 102 Å². The van der Waals surface area contributed by atoms with Crippen LogP contribution in [-0.2, 0) is 10.0 Å². The number of nitrogen functional groups attached to an aromatic ring is 1. The molecule has 0 saturated heterocycles. The predicted molar refractivity (Wildman–Crippen MR) is 67.1 cm³/mol. The molecule has 6 heteroatoms. The Hall–Kier alpha value is -1.27. The van der Waals surface area contributed by atoms with Gasteiger partial charge in [-0.05, 0) is 31.0 Å². The number of hydrogen-bond acceptors (Lipinski definition) is 4. The number of aromatic hydroxyl groups is 1. The molecule has 0 heterocycles. The Bertz CT molecular complexity index is 497. The van der Waals surface area contributed by atoms with Crippen molar-refractivity contribution >= 4 is 15.7 Å². The van der Waals surface area contributed by atoms with E-state index >= 15 is 0 Å². The molecule has 0 radical (unpaired) electrons. The number of rotatable bonds is 4. The maximum absolute atomic E-state index is 12.0. The number of phenolic OH excluding ortho intramolecular Hbond substituents is 1. The van der Waals surface area contributed by atoms with Crippen molar-refractivity contribution in [2.75, 3.05) is 5.73 Å². The maximum atomic E-state index is 12.0. The summed E-state index contributed by atoms with van der Waals surface area (Å²) in [6.07, 6.45) is 0. The smallest absolute Gasteiger partial charge is 0.240 e. The molecule has 1 unspecified atom stereocenters. The van der Waals surface area contributed by atoms with Crippen LogP contribution in [0.4, 0.5) is 5.69 Å². The van der Waals surface area contributed by atoms with E-state index in [2.05, 4.69) is 4.72 Å². The molecule has 1 atom stereocenters. The number of hydrogen-bond donors (Lipinski definition) is 3. The second-order valence-electron chi connectivity index (χ2n) is 4.37.